The Morgan fingerprint density at radius 1 is 1.40 bits per heavy atom. The van der Waals surface area contributed by atoms with Gasteiger partial charge in [-0.1, -0.05) is 0 Å². The normalized spacial score (nSPS) is 12.1. The third kappa shape index (κ3) is 4.34. The number of anilines is 1. The predicted octanol–water partition coefficient (Wildman–Crippen LogP) is 2.79. The maximum absolute atomic E-state index is 13.5. The summed E-state index contributed by atoms with van der Waals surface area (Å²) in [4.78, 5) is 11.5. The van der Waals surface area contributed by atoms with Crippen LogP contribution < -0.4 is 11.1 Å². The molecule has 0 fully saturated rings. The molecule has 0 spiro atoms. The van der Waals surface area contributed by atoms with Crippen LogP contribution in [-0.2, 0) is 10.7 Å². The van der Waals surface area contributed by atoms with Crippen LogP contribution in [0.15, 0.2) is 18.2 Å². The van der Waals surface area contributed by atoms with Gasteiger partial charge in [0.05, 0.1) is 12.1 Å². The van der Waals surface area contributed by atoms with E-state index in [-0.39, 0.29) is 5.69 Å². The molecule has 0 bridgehead atoms. The van der Waals surface area contributed by atoms with Crippen molar-refractivity contribution in [2.45, 2.75) is 32.3 Å². The van der Waals surface area contributed by atoms with Gasteiger partial charge in [0.2, 0.25) is 0 Å². The molecule has 0 saturated carbocycles. The van der Waals surface area contributed by atoms with Gasteiger partial charge in [0.15, 0.2) is 0 Å². The standard InChI is InChI=1S/C13H18F2N2O3/c1-12(2,3)20-11(19)17-8-4-5-10(18)9(6-8)13(14,15)7-16/h4-6,18H,7,16H2,1-3H3,(H,17,19). The number of halogens is 2. The zero-order valence-electron chi connectivity index (χ0n) is 11.5. The van der Waals surface area contributed by atoms with E-state index in [0.717, 1.165) is 12.1 Å². The number of aromatic hydroxyl groups is 1. The van der Waals surface area contributed by atoms with Gasteiger partial charge in [-0.3, -0.25) is 5.32 Å². The second-order valence-electron chi connectivity index (χ2n) is 5.27. The van der Waals surface area contributed by atoms with Crippen molar-refractivity contribution in [1.29, 1.82) is 0 Å². The minimum Gasteiger partial charge on any atom is -0.507 e. The van der Waals surface area contributed by atoms with E-state index in [1.807, 2.05) is 0 Å². The maximum Gasteiger partial charge on any atom is 0.412 e. The summed E-state index contributed by atoms with van der Waals surface area (Å²) in [5, 5.41) is 11.8. The van der Waals surface area contributed by atoms with E-state index in [1.54, 1.807) is 20.8 Å². The lowest BCUT2D eigenvalue weighted by Crippen LogP contribution is -2.28. The van der Waals surface area contributed by atoms with Gasteiger partial charge in [-0.25, -0.2) is 4.79 Å². The van der Waals surface area contributed by atoms with Gasteiger partial charge in [0, 0.05) is 5.69 Å². The first-order chi connectivity index (χ1) is 9.05. The first-order valence-electron chi connectivity index (χ1n) is 5.96. The highest BCUT2D eigenvalue weighted by Gasteiger charge is 2.33. The molecule has 0 aliphatic rings. The number of phenolic OH excluding ortho intramolecular Hbond substituents is 1. The SMILES string of the molecule is CC(C)(C)OC(=O)Nc1ccc(O)c(C(F)(F)CN)c1. The molecular formula is C13H18F2N2O3. The molecule has 5 nitrogen and oxygen atoms in total. The monoisotopic (exact) mass is 288 g/mol. The summed E-state index contributed by atoms with van der Waals surface area (Å²) in [6, 6.07) is 3.31. The molecule has 0 heterocycles. The van der Waals surface area contributed by atoms with Crippen molar-refractivity contribution in [3.05, 3.63) is 23.8 Å². The molecule has 20 heavy (non-hydrogen) atoms. The first kappa shape index (κ1) is 16.2. The molecular weight excluding hydrogens is 270 g/mol. The topological polar surface area (TPSA) is 84.6 Å². The van der Waals surface area contributed by atoms with Crippen LogP contribution in [0.3, 0.4) is 0 Å². The Morgan fingerprint density at radius 3 is 2.50 bits per heavy atom. The number of hydrogen-bond donors (Lipinski definition) is 3. The highest BCUT2D eigenvalue weighted by Crippen LogP contribution is 2.35. The molecule has 1 aromatic rings. The number of amides is 1. The van der Waals surface area contributed by atoms with Crippen molar-refractivity contribution in [3.8, 4) is 5.75 Å². The van der Waals surface area contributed by atoms with Crippen LogP contribution in [0.25, 0.3) is 0 Å². The van der Waals surface area contributed by atoms with Crippen molar-refractivity contribution >= 4 is 11.8 Å². The number of nitrogens with two attached hydrogens (primary N) is 1. The minimum atomic E-state index is -3.38. The average Bonchev–Trinajstić information content (AvgIpc) is 2.29. The largest absolute Gasteiger partial charge is 0.507 e. The Labute approximate surface area is 115 Å². The van der Waals surface area contributed by atoms with Crippen molar-refractivity contribution < 1.29 is 23.4 Å². The van der Waals surface area contributed by atoms with Crippen LogP contribution in [0, 0.1) is 0 Å². The maximum atomic E-state index is 13.5. The molecule has 0 aromatic heterocycles. The lowest BCUT2D eigenvalue weighted by atomic mass is 10.1. The van der Waals surface area contributed by atoms with E-state index in [9.17, 15) is 18.7 Å². The van der Waals surface area contributed by atoms with Gasteiger partial charge in [0.1, 0.15) is 11.4 Å². The average molecular weight is 288 g/mol. The Morgan fingerprint density at radius 2 is 2.00 bits per heavy atom. The van der Waals surface area contributed by atoms with Crippen LogP contribution in [0.2, 0.25) is 0 Å². The molecule has 4 N–H and O–H groups in total. The van der Waals surface area contributed by atoms with E-state index in [4.69, 9.17) is 10.5 Å². The molecule has 0 radical (unpaired) electrons. The Balaban J connectivity index is 2.94. The molecule has 0 aliphatic heterocycles. The number of phenols is 1. The Kier molecular flexibility index (Phi) is 4.54. The van der Waals surface area contributed by atoms with E-state index >= 15 is 0 Å². The number of alkyl halides is 2. The van der Waals surface area contributed by atoms with Crippen LogP contribution in [0.1, 0.15) is 26.3 Å². The van der Waals surface area contributed by atoms with E-state index in [1.165, 1.54) is 6.07 Å². The number of rotatable bonds is 3. The molecule has 0 saturated heterocycles. The lowest BCUT2D eigenvalue weighted by Gasteiger charge is -2.20. The second-order valence-corrected chi connectivity index (χ2v) is 5.27. The first-order valence-corrected chi connectivity index (χ1v) is 5.96. The fourth-order valence-corrected chi connectivity index (χ4v) is 1.44. The van der Waals surface area contributed by atoms with E-state index < -0.39 is 35.5 Å². The number of benzene rings is 1. The minimum absolute atomic E-state index is 0.0835. The Hall–Kier alpha value is -1.89. The summed E-state index contributed by atoms with van der Waals surface area (Å²) in [5.74, 6) is -3.97. The molecule has 0 atom stereocenters. The molecule has 7 heteroatoms. The molecule has 0 unspecified atom stereocenters. The summed E-state index contributed by atoms with van der Waals surface area (Å²) >= 11 is 0. The van der Waals surface area contributed by atoms with Crippen molar-refractivity contribution in [2.24, 2.45) is 5.73 Å². The lowest BCUT2D eigenvalue weighted by molar-refractivity contribution is 0.00378. The van der Waals surface area contributed by atoms with Gasteiger partial charge >= 0.3 is 6.09 Å². The van der Waals surface area contributed by atoms with Crippen LogP contribution in [0.5, 0.6) is 5.75 Å². The van der Waals surface area contributed by atoms with Gasteiger partial charge in [-0.2, -0.15) is 8.78 Å². The van der Waals surface area contributed by atoms with Gasteiger partial charge in [-0.15, -0.1) is 0 Å². The molecule has 0 aliphatic carbocycles. The number of carbonyl (C=O) groups is 1. The fraction of sp³-hybridized carbons (Fsp3) is 0.462. The Bertz CT molecular complexity index is 499. The third-order valence-corrected chi connectivity index (χ3v) is 2.29. The fourth-order valence-electron chi connectivity index (χ4n) is 1.44. The predicted molar refractivity (Wildman–Crippen MR) is 70.9 cm³/mol. The number of hydrogen-bond acceptors (Lipinski definition) is 4. The van der Waals surface area contributed by atoms with Crippen molar-refractivity contribution in [1.82, 2.24) is 0 Å². The number of ether oxygens (including phenoxy) is 1. The highest BCUT2D eigenvalue weighted by atomic mass is 19.3. The molecule has 1 rings (SSSR count). The summed E-state index contributed by atoms with van der Waals surface area (Å²) < 4.78 is 32.0. The van der Waals surface area contributed by atoms with Crippen LogP contribution in [0.4, 0.5) is 19.3 Å². The van der Waals surface area contributed by atoms with Crippen molar-refractivity contribution in [3.63, 3.8) is 0 Å². The summed E-state index contributed by atoms with van der Waals surface area (Å²) in [6.45, 7) is 4.09. The third-order valence-electron chi connectivity index (χ3n) is 2.29. The summed E-state index contributed by atoms with van der Waals surface area (Å²) in [6.07, 6.45) is -0.773. The van der Waals surface area contributed by atoms with Crippen LogP contribution >= 0.6 is 0 Å². The quantitative estimate of drug-likeness (QED) is 0.747. The van der Waals surface area contributed by atoms with E-state index in [0.29, 0.717) is 0 Å². The van der Waals surface area contributed by atoms with Gasteiger partial charge in [-0.05, 0) is 39.0 Å². The van der Waals surface area contributed by atoms with Crippen molar-refractivity contribution in [2.75, 3.05) is 11.9 Å². The number of carbonyl (C=O) groups excluding carboxylic acids is 1. The molecule has 1 amide bonds. The summed E-state index contributed by atoms with van der Waals surface area (Å²) in [7, 11) is 0. The highest BCUT2D eigenvalue weighted by molar-refractivity contribution is 5.85. The van der Waals surface area contributed by atoms with E-state index in [2.05, 4.69) is 5.32 Å². The molecule has 112 valence electrons. The second kappa shape index (κ2) is 5.62. The number of nitrogens with one attached hydrogen (secondary N) is 1. The van der Waals surface area contributed by atoms with Gasteiger partial charge in [0.25, 0.3) is 5.92 Å². The van der Waals surface area contributed by atoms with Gasteiger partial charge < -0.3 is 15.6 Å². The smallest absolute Gasteiger partial charge is 0.412 e. The van der Waals surface area contributed by atoms with Crippen LogP contribution in [-0.4, -0.2) is 23.3 Å². The molecule has 1 aromatic carbocycles. The zero-order chi connectivity index (χ0) is 15.6. The zero-order valence-corrected chi connectivity index (χ0v) is 11.5. The summed E-state index contributed by atoms with van der Waals surface area (Å²) in [5.41, 5.74) is 3.70.